The summed E-state index contributed by atoms with van der Waals surface area (Å²) in [6.45, 7) is 5.71. The lowest BCUT2D eigenvalue weighted by Crippen LogP contribution is -2.39. The molecule has 0 saturated carbocycles. The Morgan fingerprint density at radius 3 is 2.45 bits per heavy atom. The SMILES string of the molecule is CCN[C@H](C)CNC(=O)CCOc1ccc(S(C)(=O)=O)cc1. The summed E-state index contributed by atoms with van der Waals surface area (Å²) >= 11 is 0. The van der Waals surface area contributed by atoms with Gasteiger partial charge in [-0.25, -0.2) is 8.42 Å². The Labute approximate surface area is 132 Å². The van der Waals surface area contributed by atoms with Crippen LogP contribution in [0.3, 0.4) is 0 Å². The van der Waals surface area contributed by atoms with Crippen molar-refractivity contribution in [2.24, 2.45) is 0 Å². The Hall–Kier alpha value is -1.60. The van der Waals surface area contributed by atoms with Crippen LogP contribution in [0.5, 0.6) is 5.75 Å². The van der Waals surface area contributed by atoms with Gasteiger partial charge in [0.1, 0.15) is 5.75 Å². The molecule has 22 heavy (non-hydrogen) atoms. The summed E-state index contributed by atoms with van der Waals surface area (Å²) in [5.74, 6) is 0.471. The molecule has 0 aromatic heterocycles. The van der Waals surface area contributed by atoms with Gasteiger partial charge in [0.2, 0.25) is 5.91 Å². The third kappa shape index (κ3) is 6.91. The number of hydrogen-bond donors (Lipinski definition) is 2. The maximum absolute atomic E-state index is 11.6. The highest BCUT2D eigenvalue weighted by molar-refractivity contribution is 7.90. The van der Waals surface area contributed by atoms with Gasteiger partial charge >= 0.3 is 0 Å². The molecule has 0 saturated heterocycles. The summed E-state index contributed by atoms with van der Waals surface area (Å²) in [7, 11) is -3.20. The summed E-state index contributed by atoms with van der Waals surface area (Å²) in [5.41, 5.74) is 0. The predicted molar refractivity (Wildman–Crippen MR) is 85.8 cm³/mol. The molecule has 1 atom stereocenters. The van der Waals surface area contributed by atoms with E-state index in [1.807, 2.05) is 13.8 Å². The standard InChI is InChI=1S/C15H24N2O4S/c1-4-16-12(2)11-17-15(18)9-10-21-13-5-7-14(8-6-13)22(3,19)20/h5-8,12,16H,4,9-11H2,1-3H3,(H,17,18)/t12-/m1/s1. The van der Waals surface area contributed by atoms with E-state index in [1.165, 1.54) is 12.1 Å². The molecule has 0 bridgehead atoms. The summed E-state index contributed by atoms with van der Waals surface area (Å²) in [5, 5.41) is 6.03. The van der Waals surface area contributed by atoms with Crippen LogP contribution in [-0.2, 0) is 14.6 Å². The van der Waals surface area contributed by atoms with Crippen molar-refractivity contribution in [3.05, 3.63) is 24.3 Å². The van der Waals surface area contributed by atoms with Gasteiger partial charge in [0, 0.05) is 18.8 Å². The zero-order chi connectivity index (χ0) is 16.6. The minimum atomic E-state index is -3.20. The first-order valence-corrected chi connectivity index (χ1v) is 9.15. The minimum absolute atomic E-state index is 0.0718. The first kappa shape index (κ1) is 18.4. The topological polar surface area (TPSA) is 84.5 Å². The van der Waals surface area contributed by atoms with E-state index in [1.54, 1.807) is 12.1 Å². The molecule has 0 spiro atoms. The van der Waals surface area contributed by atoms with Crippen molar-refractivity contribution in [3.8, 4) is 5.75 Å². The van der Waals surface area contributed by atoms with Gasteiger partial charge in [0.05, 0.1) is 17.9 Å². The molecule has 0 radical (unpaired) electrons. The Balaban J connectivity index is 2.31. The molecule has 0 heterocycles. The van der Waals surface area contributed by atoms with Gasteiger partial charge in [-0.3, -0.25) is 4.79 Å². The number of likely N-dealkylation sites (N-methyl/N-ethyl adjacent to an activating group) is 1. The Kier molecular flexibility index (Phi) is 7.34. The molecule has 0 unspecified atom stereocenters. The van der Waals surface area contributed by atoms with E-state index < -0.39 is 9.84 Å². The fourth-order valence-corrected chi connectivity index (χ4v) is 2.45. The van der Waals surface area contributed by atoms with E-state index in [-0.39, 0.29) is 29.9 Å². The molecule has 1 aromatic rings. The molecule has 1 aromatic carbocycles. The molecule has 1 rings (SSSR count). The second kappa shape index (κ2) is 8.75. The number of rotatable bonds is 9. The third-order valence-corrected chi connectivity index (χ3v) is 4.14. The number of hydrogen-bond acceptors (Lipinski definition) is 5. The molecular weight excluding hydrogens is 304 g/mol. The number of ether oxygens (including phenoxy) is 1. The lowest BCUT2D eigenvalue weighted by molar-refractivity contribution is -0.121. The molecule has 0 aliphatic heterocycles. The van der Waals surface area contributed by atoms with Crippen LogP contribution in [0.1, 0.15) is 20.3 Å². The number of nitrogens with one attached hydrogen (secondary N) is 2. The first-order chi connectivity index (χ1) is 10.3. The molecule has 7 heteroatoms. The zero-order valence-corrected chi connectivity index (χ0v) is 14.1. The van der Waals surface area contributed by atoms with Crippen LogP contribution >= 0.6 is 0 Å². The van der Waals surface area contributed by atoms with Gasteiger partial charge in [0.25, 0.3) is 0 Å². The van der Waals surface area contributed by atoms with Crippen LogP contribution < -0.4 is 15.4 Å². The van der Waals surface area contributed by atoms with E-state index in [4.69, 9.17) is 4.74 Å². The Morgan fingerprint density at radius 1 is 1.27 bits per heavy atom. The average molecular weight is 328 g/mol. The quantitative estimate of drug-likeness (QED) is 0.706. The van der Waals surface area contributed by atoms with Crippen LogP contribution in [0.25, 0.3) is 0 Å². The first-order valence-electron chi connectivity index (χ1n) is 7.26. The molecule has 1 amide bonds. The molecule has 0 fully saturated rings. The largest absolute Gasteiger partial charge is 0.493 e. The maximum Gasteiger partial charge on any atom is 0.223 e. The van der Waals surface area contributed by atoms with E-state index in [2.05, 4.69) is 10.6 Å². The van der Waals surface area contributed by atoms with Crippen LogP contribution in [0.2, 0.25) is 0 Å². The van der Waals surface area contributed by atoms with Gasteiger partial charge in [-0.2, -0.15) is 0 Å². The fourth-order valence-electron chi connectivity index (χ4n) is 1.82. The molecular formula is C15H24N2O4S. The number of carbonyl (C=O) groups is 1. The van der Waals surface area contributed by atoms with Crippen molar-refractivity contribution in [1.82, 2.24) is 10.6 Å². The van der Waals surface area contributed by atoms with Gasteiger partial charge in [-0.15, -0.1) is 0 Å². The van der Waals surface area contributed by atoms with Crippen molar-refractivity contribution in [3.63, 3.8) is 0 Å². The van der Waals surface area contributed by atoms with Gasteiger partial charge in [-0.1, -0.05) is 6.92 Å². The highest BCUT2D eigenvalue weighted by Crippen LogP contribution is 2.15. The monoisotopic (exact) mass is 328 g/mol. The molecule has 124 valence electrons. The lowest BCUT2D eigenvalue weighted by atomic mass is 10.3. The number of benzene rings is 1. The Bertz CT molecular complexity index is 570. The maximum atomic E-state index is 11.6. The number of sulfone groups is 1. The molecule has 6 nitrogen and oxygen atoms in total. The van der Waals surface area contributed by atoms with Crippen LogP contribution in [0.15, 0.2) is 29.2 Å². The summed E-state index contributed by atoms with van der Waals surface area (Å²) in [4.78, 5) is 11.9. The van der Waals surface area contributed by atoms with E-state index in [0.717, 1.165) is 12.8 Å². The normalized spacial score (nSPS) is 12.7. The molecule has 0 aliphatic carbocycles. The second-order valence-electron chi connectivity index (χ2n) is 5.10. The molecule has 2 N–H and O–H groups in total. The van der Waals surface area contributed by atoms with E-state index in [9.17, 15) is 13.2 Å². The van der Waals surface area contributed by atoms with Gasteiger partial charge in [-0.05, 0) is 37.7 Å². The van der Waals surface area contributed by atoms with Crippen molar-refractivity contribution >= 4 is 15.7 Å². The van der Waals surface area contributed by atoms with Crippen molar-refractivity contribution in [2.75, 3.05) is 26.0 Å². The lowest BCUT2D eigenvalue weighted by Gasteiger charge is -2.13. The molecule has 0 aliphatic rings. The smallest absolute Gasteiger partial charge is 0.223 e. The number of amides is 1. The third-order valence-electron chi connectivity index (χ3n) is 3.01. The fraction of sp³-hybridized carbons (Fsp3) is 0.533. The summed E-state index contributed by atoms with van der Waals surface area (Å²) in [6.07, 6.45) is 1.41. The zero-order valence-electron chi connectivity index (χ0n) is 13.3. The van der Waals surface area contributed by atoms with Gasteiger partial charge in [0.15, 0.2) is 9.84 Å². The van der Waals surface area contributed by atoms with Crippen molar-refractivity contribution < 1.29 is 17.9 Å². The van der Waals surface area contributed by atoms with Crippen molar-refractivity contribution in [2.45, 2.75) is 31.2 Å². The van der Waals surface area contributed by atoms with Crippen LogP contribution in [0, 0.1) is 0 Å². The van der Waals surface area contributed by atoms with Gasteiger partial charge < -0.3 is 15.4 Å². The Morgan fingerprint density at radius 2 is 1.91 bits per heavy atom. The van der Waals surface area contributed by atoms with Crippen LogP contribution in [-0.4, -0.2) is 46.3 Å². The highest BCUT2D eigenvalue weighted by Gasteiger charge is 2.07. The van der Waals surface area contributed by atoms with E-state index in [0.29, 0.717) is 12.3 Å². The van der Waals surface area contributed by atoms with Crippen LogP contribution in [0.4, 0.5) is 0 Å². The predicted octanol–water partition coefficient (Wildman–Crippen LogP) is 0.973. The highest BCUT2D eigenvalue weighted by atomic mass is 32.2. The summed E-state index contributed by atoms with van der Waals surface area (Å²) < 4.78 is 28.1. The average Bonchev–Trinajstić information content (AvgIpc) is 2.45. The number of carbonyl (C=O) groups excluding carboxylic acids is 1. The second-order valence-corrected chi connectivity index (χ2v) is 7.12. The van der Waals surface area contributed by atoms with E-state index >= 15 is 0 Å². The minimum Gasteiger partial charge on any atom is -0.493 e. The summed E-state index contributed by atoms with van der Waals surface area (Å²) in [6, 6.07) is 6.38. The van der Waals surface area contributed by atoms with Crippen molar-refractivity contribution in [1.29, 1.82) is 0 Å².